The van der Waals surface area contributed by atoms with Gasteiger partial charge in [-0.1, -0.05) is 0 Å². The largest absolute Gasteiger partial charge is 0.355 e. The van der Waals surface area contributed by atoms with Gasteiger partial charge >= 0.3 is 0 Å². The molecule has 6 nitrogen and oxygen atoms in total. The molecule has 0 atom stereocenters. The second-order valence-electron chi connectivity index (χ2n) is 6.16. The molecule has 0 unspecified atom stereocenters. The van der Waals surface area contributed by atoms with Gasteiger partial charge in [0.05, 0.1) is 0 Å². The quantitative estimate of drug-likeness (QED) is 0.355. The van der Waals surface area contributed by atoms with Crippen LogP contribution in [0.25, 0.3) is 0 Å². The Morgan fingerprint density at radius 3 is 2.30 bits per heavy atom. The number of halogens is 1. The van der Waals surface area contributed by atoms with Crippen LogP contribution in [0.4, 0.5) is 0 Å². The van der Waals surface area contributed by atoms with Crippen LogP contribution >= 0.6 is 35.7 Å². The van der Waals surface area contributed by atoms with E-state index in [-0.39, 0.29) is 34.6 Å². The number of guanidine groups is 1. The molecule has 2 N–H and O–H groups in total. The fourth-order valence-electron chi connectivity index (χ4n) is 2.21. The van der Waals surface area contributed by atoms with Crippen LogP contribution in [-0.2, 0) is 4.79 Å². The fourth-order valence-corrected chi connectivity index (χ4v) is 2.42. The van der Waals surface area contributed by atoms with E-state index in [1.165, 1.54) is 0 Å². The van der Waals surface area contributed by atoms with Crippen LogP contribution < -0.4 is 10.6 Å². The summed E-state index contributed by atoms with van der Waals surface area (Å²) in [6, 6.07) is 0. The molecular formula is C15H32IN5OS. The zero-order valence-corrected chi connectivity index (χ0v) is 18.2. The van der Waals surface area contributed by atoms with Crippen molar-refractivity contribution in [3.05, 3.63) is 0 Å². The summed E-state index contributed by atoms with van der Waals surface area (Å²) in [6.45, 7) is 12.4. The minimum Gasteiger partial charge on any atom is -0.355 e. The zero-order valence-electron chi connectivity index (χ0n) is 15.0. The molecule has 1 fully saturated rings. The van der Waals surface area contributed by atoms with Gasteiger partial charge in [-0.15, -0.1) is 24.0 Å². The highest BCUT2D eigenvalue weighted by atomic mass is 127. The van der Waals surface area contributed by atoms with Crippen molar-refractivity contribution in [3.63, 3.8) is 0 Å². The van der Waals surface area contributed by atoms with Gasteiger partial charge in [-0.2, -0.15) is 11.8 Å². The van der Waals surface area contributed by atoms with Crippen LogP contribution in [0.5, 0.6) is 0 Å². The van der Waals surface area contributed by atoms with Gasteiger partial charge in [-0.3, -0.25) is 14.7 Å². The van der Waals surface area contributed by atoms with E-state index in [9.17, 15) is 4.79 Å². The van der Waals surface area contributed by atoms with Crippen molar-refractivity contribution in [2.24, 2.45) is 4.99 Å². The van der Waals surface area contributed by atoms with Crippen LogP contribution in [0.3, 0.4) is 0 Å². The predicted molar refractivity (Wildman–Crippen MR) is 111 cm³/mol. The SMILES string of the molecule is CN=C(NCCN1CCN(C(C)=O)CC1)NCC(C)(C)SC.I. The highest BCUT2D eigenvalue weighted by Gasteiger charge is 2.18. The summed E-state index contributed by atoms with van der Waals surface area (Å²) in [5.74, 6) is 1.03. The van der Waals surface area contributed by atoms with Crippen LogP contribution in [0.15, 0.2) is 4.99 Å². The molecule has 0 saturated carbocycles. The van der Waals surface area contributed by atoms with E-state index in [1.807, 2.05) is 16.7 Å². The monoisotopic (exact) mass is 457 g/mol. The van der Waals surface area contributed by atoms with Gasteiger partial charge in [-0.25, -0.2) is 0 Å². The van der Waals surface area contributed by atoms with Crippen LogP contribution in [-0.4, -0.2) is 85.5 Å². The molecule has 0 bridgehead atoms. The number of nitrogens with zero attached hydrogens (tertiary/aromatic N) is 3. The average molecular weight is 457 g/mol. The van der Waals surface area contributed by atoms with Crippen LogP contribution in [0.1, 0.15) is 20.8 Å². The fraction of sp³-hybridized carbons (Fsp3) is 0.867. The normalized spacial score (nSPS) is 16.7. The number of thioether (sulfide) groups is 1. The first-order valence-electron chi connectivity index (χ1n) is 7.85. The van der Waals surface area contributed by atoms with Crippen molar-refractivity contribution in [2.45, 2.75) is 25.5 Å². The lowest BCUT2D eigenvalue weighted by Crippen LogP contribution is -2.50. The van der Waals surface area contributed by atoms with E-state index in [4.69, 9.17) is 0 Å². The van der Waals surface area contributed by atoms with Crippen molar-refractivity contribution in [2.75, 3.05) is 59.1 Å². The second-order valence-corrected chi connectivity index (χ2v) is 7.68. The molecule has 1 rings (SSSR count). The third kappa shape index (κ3) is 8.99. The first-order valence-corrected chi connectivity index (χ1v) is 9.08. The number of piperazine rings is 1. The van der Waals surface area contributed by atoms with E-state index in [2.05, 4.69) is 40.6 Å². The molecule has 0 aliphatic carbocycles. The van der Waals surface area contributed by atoms with Gasteiger partial charge in [0.1, 0.15) is 0 Å². The van der Waals surface area contributed by atoms with Gasteiger partial charge in [-0.05, 0) is 20.1 Å². The van der Waals surface area contributed by atoms with Crippen molar-refractivity contribution < 1.29 is 4.79 Å². The van der Waals surface area contributed by atoms with E-state index < -0.39 is 0 Å². The number of hydrogen-bond acceptors (Lipinski definition) is 4. The molecule has 136 valence electrons. The van der Waals surface area contributed by atoms with Gasteiger partial charge in [0.15, 0.2) is 5.96 Å². The Morgan fingerprint density at radius 1 is 1.22 bits per heavy atom. The second kappa shape index (κ2) is 11.4. The first-order chi connectivity index (χ1) is 10.4. The number of amides is 1. The Labute approximate surface area is 162 Å². The maximum absolute atomic E-state index is 11.3. The molecule has 0 aromatic carbocycles. The van der Waals surface area contributed by atoms with E-state index in [0.29, 0.717) is 0 Å². The number of carbonyl (C=O) groups excluding carboxylic acids is 1. The van der Waals surface area contributed by atoms with Gasteiger partial charge in [0, 0.05) is 64.5 Å². The average Bonchev–Trinajstić information content (AvgIpc) is 2.51. The summed E-state index contributed by atoms with van der Waals surface area (Å²) in [4.78, 5) is 19.8. The minimum absolute atomic E-state index is 0. The summed E-state index contributed by atoms with van der Waals surface area (Å²) in [5.41, 5.74) is 0. The third-order valence-corrected chi connectivity index (χ3v) is 5.25. The predicted octanol–water partition coefficient (Wildman–Crippen LogP) is 1.08. The van der Waals surface area contributed by atoms with Crippen molar-refractivity contribution in [1.29, 1.82) is 0 Å². The molecule has 0 spiro atoms. The maximum Gasteiger partial charge on any atom is 0.219 e. The molecule has 0 radical (unpaired) electrons. The topological polar surface area (TPSA) is 60.0 Å². The lowest BCUT2D eigenvalue weighted by atomic mass is 10.2. The Bertz CT molecular complexity index is 384. The molecule has 1 saturated heterocycles. The molecule has 0 aromatic heterocycles. The molecule has 1 aliphatic heterocycles. The molecule has 1 aliphatic rings. The lowest BCUT2D eigenvalue weighted by molar-refractivity contribution is -0.130. The van der Waals surface area contributed by atoms with Crippen LogP contribution in [0.2, 0.25) is 0 Å². The van der Waals surface area contributed by atoms with E-state index in [0.717, 1.165) is 51.8 Å². The van der Waals surface area contributed by atoms with Crippen molar-refractivity contribution >= 4 is 47.6 Å². The number of carbonyl (C=O) groups is 1. The number of nitrogens with one attached hydrogen (secondary N) is 2. The molecular weight excluding hydrogens is 425 g/mol. The Hall–Kier alpha value is -0.220. The van der Waals surface area contributed by atoms with Gasteiger partial charge < -0.3 is 15.5 Å². The van der Waals surface area contributed by atoms with E-state index in [1.54, 1.807) is 14.0 Å². The minimum atomic E-state index is 0. The first kappa shape index (κ1) is 22.8. The number of hydrogen-bond donors (Lipinski definition) is 2. The Balaban J connectivity index is 0.00000484. The Kier molecular flexibility index (Phi) is 11.2. The van der Waals surface area contributed by atoms with Gasteiger partial charge in [0.2, 0.25) is 5.91 Å². The molecule has 1 heterocycles. The molecule has 8 heteroatoms. The zero-order chi connectivity index (χ0) is 16.6. The molecule has 1 amide bonds. The Morgan fingerprint density at radius 2 is 1.83 bits per heavy atom. The van der Waals surface area contributed by atoms with E-state index >= 15 is 0 Å². The van der Waals surface area contributed by atoms with Gasteiger partial charge in [0.25, 0.3) is 0 Å². The highest BCUT2D eigenvalue weighted by molar-refractivity contribution is 14.0. The lowest BCUT2D eigenvalue weighted by Gasteiger charge is -2.34. The summed E-state index contributed by atoms with van der Waals surface area (Å²) >= 11 is 1.84. The smallest absolute Gasteiger partial charge is 0.219 e. The molecule has 0 aromatic rings. The van der Waals surface area contributed by atoms with Crippen molar-refractivity contribution in [3.8, 4) is 0 Å². The summed E-state index contributed by atoms with van der Waals surface area (Å²) in [5, 5.41) is 6.72. The third-order valence-electron chi connectivity index (χ3n) is 4.00. The number of rotatable bonds is 6. The van der Waals surface area contributed by atoms with Crippen LogP contribution in [0, 0.1) is 0 Å². The highest BCUT2D eigenvalue weighted by Crippen LogP contribution is 2.19. The molecule has 23 heavy (non-hydrogen) atoms. The van der Waals surface area contributed by atoms with Crippen molar-refractivity contribution in [1.82, 2.24) is 20.4 Å². The summed E-state index contributed by atoms with van der Waals surface area (Å²) < 4.78 is 0.195. The standard InChI is InChI=1S/C15H31N5OS.HI/c1-13(21)20-10-8-19(9-11-20)7-6-17-14(16-4)18-12-15(2,3)22-5;/h6-12H2,1-5H3,(H2,16,17,18);1H. The number of aliphatic imine (C=N–C) groups is 1. The summed E-state index contributed by atoms with van der Waals surface area (Å²) in [6.07, 6.45) is 2.12. The maximum atomic E-state index is 11.3. The summed E-state index contributed by atoms with van der Waals surface area (Å²) in [7, 11) is 1.80.